The molecule has 1 unspecified atom stereocenters. The predicted octanol–water partition coefficient (Wildman–Crippen LogP) is -0.795. The molecule has 0 radical (unpaired) electrons. The molecule has 10 nitrogen and oxygen atoms in total. The van der Waals surface area contributed by atoms with E-state index in [1.165, 1.54) is 17.7 Å². The summed E-state index contributed by atoms with van der Waals surface area (Å²) in [5, 5.41) is 12.6. The number of halogens is 1. The number of benzene rings is 1. The second kappa shape index (κ2) is 11.9. The number of hydrogen-bond acceptors (Lipinski definition) is 8. The zero-order valence-corrected chi connectivity index (χ0v) is 26.2. The van der Waals surface area contributed by atoms with Crippen molar-refractivity contribution in [2.75, 3.05) is 40.3 Å². The number of ether oxygens (including phenoxy) is 2. The van der Waals surface area contributed by atoms with E-state index >= 15 is 0 Å². The Bertz CT molecular complexity index is 1270. The molecular formula is C32H47ClN4O6. The van der Waals surface area contributed by atoms with Crippen LogP contribution in [0.3, 0.4) is 0 Å². The van der Waals surface area contributed by atoms with Crippen molar-refractivity contribution in [3.05, 3.63) is 23.3 Å². The Morgan fingerprint density at radius 3 is 2.72 bits per heavy atom. The lowest BCUT2D eigenvalue weighted by atomic mass is 9.48. The fraction of sp³-hybridized carbons (Fsp3) is 0.719. The van der Waals surface area contributed by atoms with Gasteiger partial charge in [0.25, 0.3) is 0 Å². The Kier molecular flexibility index (Phi) is 8.92. The van der Waals surface area contributed by atoms with Gasteiger partial charge in [-0.3, -0.25) is 9.59 Å². The molecule has 5 aliphatic rings. The highest BCUT2D eigenvalue weighted by Crippen LogP contribution is 2.66. The fourth-order valence-electron chi connectivity index (χ4n) is 8.62. The number of nitrogens with zero attached hydrogens (tertiary/aromatic N) is 2. The summed E-state index contributed by atoms with van der Waals surface area (Å²) >= 11 is 0. The van der Waals surface area contributed by atoms with Crippen LogP contribution in [0.2, 0.25) is 0 Å². The molecule has 11 heteroatoms. The number of hydrogen-bond donors (Lipinski definition) is 3. The number of piperidine rings is 1. The number of rotatable bonds is 12. The number of likely N-dealkylation sites (N-methyl/N-ethyl adjacent to an activating group) is 1. The van der Waals surface area contributed by atoms with E-state index in [4.69, 9.17) is 20.9 Å². The molecule has 5 N–H and O–H groups in total. The van der Waals surface area contributed by atoms with Crippen molar-refractivity contribution < 1.29 is 45.9 Å². The zero-order chi connectivity index (χ0) is 29.9. The van der Waals surface area contributed by atoms with E-state index in [1.807, 2.05) is 6.07 Å². The molecule has 1 amide bonds. The maximum absolute atomic E-state index is 13.3. The van der Waals surface area contributed by atoms with E-state index < -0.39 is 29.3 Å². The van der Waals surface area contributed by atoms with Gasteiger partial charge in [0.05, 0.1) is 31.6 Å². The average Bonchev–Trinajstić information content (AvgIpc) is 3.69. The van der Waals surface area contributed by atoms with Crippen molar-refractivity contribution in [2.24, 2.45) is 17.4 Å². The van der Waals surface area contributed by atoms with Crippen molar-refractivity contribution >= 4 is 17.7 Å². The number of amides is 1. The van der Waals surface area contributed by atoms with Crippen LogP contribution < -0.4 is 33.3 Å². The third kappa shape index (κ3) is 5.27. The van der Waals surface area contributed by atoms with E-state index in [1.54, 1.807) is 13.1 Å². The first-order valence-electron chi connectivity index (χ1n) is 15.9. The smallest absolute Gasteiger partial charge is 0.415 e. The predicted molar refractivity (Wildman–Crippen MR) is 156 cm³/mol. The second-order valence-corrected chi connectivity index (χ2v) is 13.8. The van der Waals surface area contributed by atoms with Crippen LogP contribution in [0.1, 0.15) is 75.3 Å². The van der Waals surface area contributed by atoms with E-state index in [9.17, 15) is 19.5 Å². The molecule has 1 aromatic carbocycles. The van der Waals surface area contributed by atoms with E-state index in [0.717, 1.165) is 47.5 Å². The summed E-state index contributed by atoms with van der Waals surface area (Å²) in [4.78, 5) is 40.3. The first-order chi connectivity index (χ1) is 20.0. The van der Waals surface area contributed by atoms with E-state index in [-0.39, 0.29) is 35.8 Å². The number of carbonyl (C=O) groups excluding carboxylic acids is 3. The molecule has 6 rings (SSSR count). The van der Waals surface area contributed by atoms with Gasteiger partial charge in [0, 0.05) is 50.8 Å². The molecular weight excluding hydrogens is 572 g/mol. The van der Waals surface area contributed by atoms with Crippen LogP contribution in [-0.2, 0) is 21.4 Å². The molecule has 1 spiro atoms. The number of unbranched alkanes of at least 4 members (excludes halogenated alkanes) is 1. The van der Waals surface area contributed by atoms with Gasteiger partial charge in [0.2, 0.25) is 0 Å². The van der Waals surface area contributed by atoms with Crippen molar-refractivity contribution in [1.82, 2.24) is 4.90 Å². The number of quaternary nitrogens is 1. The van der Waals surface area contributed by atoms with Crippen molar-refractivity contribution in [1.29, 1.82) is 0 Å². The molecule has 2 saturated carbocycles. The molecule has 0 aromatic heterocycles. The third-order valence-corrected chi connectivity index (χ3v) is 11.1. The summed E-state index contributed by atoms with van der Waals surface area (Å²) in [6.07, 6.45) is 6.37. The van der Waals surface area contributed by atoms with Crippen LogP contribution in [0.5, 0.6) is 11.5 Å². The molecule has 1 aromatic rings. The number of likely N-dealkylation sites (tertiary alicyclic amines) is 1. The number of carbonyl (C=O) groups is 3. The third-order valence-electron chi connectivity index (χ3n) is 11.1. The molecule has 2 bridgehead atoms. The Hall–Kier alpha value is -2.24. The summed E-state index contributed by atoms with van der Waals surface area (Å²) in [5.74, 6) is 1.44. The monoisotopic (exact) mass is 618 g/mol. The summed E-state index contributed by atoms with van der Waals surface area (Å²) in [6, 6.07) is 3.27. The van der Waals surface area contributed by atoms with Gasteiger partial charge in [-0.15, -0.1) is 0 Å². The van der Waals surface area contributed by atoms with Crippen molar-refractivity contribution in [2.45, 2.75) is 99.8 Å². The summed E-state index contributed by atoms with van der Waals surface area (Å²) in [7, 11) is 3.92. The Labute approximate surface area is 260 Å². The van der Waals surface area contributed by atoms with Gasteiger partial charge in [-0.2, -0.15) is 0 Å². The Balaban J connectivity index is 0.00000368. The highest BCUT2D eigenvalue weighted by Gasteiger charge is 2.76. The first-order valence-corrected chi connectivity index (χ1v) is 15.9. The molecule has 2 heterocycles. The van der Waals surface area contributed by atoms with Crippen LogP contribution in [0.4, 0.5) is 4.79 Å². The van der Waals surface area contributed by atoms with Crippen molar-refractivity contribution in [3.8, 4) is 11.5 Å². The van der Waals surface area contributed by atoms with Crippen LogP contribution in [0, 0.1) is 5.92 Å². The molecule has 6 atom stereocenters. The molecule has 3 fully saturated rings. The van der Waals surface area contributed by atoms with Gasteiger partial charge < -0.3 is 47.8 Å². The van der Waals surface area contributed by atoms with Crippen LogP contribution in [0.15, 0.2) is 12.1 Å². The van der Waals surface area contributed by atoms with Gasteiger partial charge in [-0.05, 0) is 56.7 Å². The summed E-state index contributed by atoms with van der Waals surface area (Å²) in [5.41, 5.74) is 11.6. The normalized spacial score (nSPS) is 32.3. The zero-order valence-electron chi connectivity index (χ0n) is 25.5. The fourth-order valence-corrected chi connectivity index (χ4v) is 8.62. The van der Waals surface area contributed by atoms with Crippen LogP contribution >= 0.6 is 0 Å². The van der Waals surface area contributed by atoms with Crippen LogP contribution in [0.25, 0.3) is 0 Å². The maximum Gasteiger partial charge on any atom is 0.415 e. The summed E-state index contributed by atoms with van der Waals surface area (Å²) in [6.45, 7) is 2.88. The lowest BCUT2D eigenvalue weighted by molar-refractivity contribution is -0.950. The highest BCUT2D eigenvalue weighted by atomic mass is 35.5. The lowest BCUT2D eigenvalue weighted by Gasteiger charge is -2.64. The minimum Gasteiger partial charge on any atom is -1.00 e. The molecule has 2 aliphatic heterocycles. The number of aliphatic hydroxyl groups is 1. The molecule has 1 saturated heterocycles. The van der Waals surface area contributed by atoms with Gasteiger partial charge >= 0.3 is 6.09 Å². The first kappa shape index (κ1) is 32.2. The lowest BCUT2D eigenvalue weighted by Crippen LogP contribution is -3.00. The van der Waals surface area contributed by atoms with Crippen molar-refractivity contribution in [3.63, 3.8) is 0 Å². The van der Waals surface area contributed by atoms with Gasteiger partial charge in [-0.1, -0.05) is 12.5 Å². The summed E-state index contributed by atoms with van der Waals surface area (Å²) < 4.78 is 13.1. The highest BCUT2D eigenvalue weighted by molar-refractivity contribution is 5.90. The largest absolute Gasteiger partial charge is 1.00 e. The Morgan fingerprint density at radius 2 is 2.00 bits per heavy atom. The number of nitrogens with two attached hydrogens (primary N) is 2. The van der Waals surface area contributed by atoms with Crippen LogP contribution in [-0.4, -0.2) is 96.2 Å². The average molecular weight is 619 g/mol. The SMILES string of the molecule is CN(CCCC(=O)C(N)CCCCN)C(=O)Oc1ccc2c3c1O[C@H]1C(=O)CC[C@@]4(O)[C@@H](C2)[N@@+](C)(CC2CC2)CC[C@]314.[Cl-]. The maximum atomic E-state index is 13.3. The topological polar surface area (TPSA) is 145 Å². The standard InChI is InChI=1S/C32H47N4O6.ClH/c1-35(16-5-7-23(37)22(34)6-3-4-15-33)30(39)41-25-11-10-21-18-26-32(40)13-12-24(38)29-31(32,27(21)28(25)42-29)14-17-36(26,2)19-20-8-9-20;/h10-11,20,22,26,29,40H,3-9,12-19,33-34H2,1-2H3;1H/q+1;/p-1/t22?,26-,29+,31+,32-,36-;/m1./s1. The minimum absolute atomic E-state index is 0. The molecule has 43 heavy (non-hydrogen) atoms. The Morgan fingerprint density at radius 1 is 1.23 bits per heavy atom. The number of ketones is 2. The second-order valence-electron chi connectivity index (χ2n) is 13.8. The van der Waals surface area contributed by atoms with E-state index in [2.05, 4.69) is 7.05 Å². The van der Waals surface area contributed by atoms with Gasteiger partial charge in [-0.25, -0.2) is 4.79 Å². The quantitative estimate of drug-likeness (QED) is 0.204. The molecule has 3 aliphatic carbocycles. The van der Waals surface area contributed by atoms with Gasteiger partial charge in [0.15, 0.2) is 23.4 Å². The minimum atomic E-state index is -1.05. The number of Topliss-reactive ketones (excluding diaryl/α,β-unsaturated/α-hetero) is 2. The van der Waals surface area contributed by atoms with E-state index in [0.29, 0.717) is 63.8 Å². The molecule has 238 valence electrons. The van der Waals surface area contributed by atoms with Gasteiger partial charge in [0.1, 0.15) is 17.4 Å².